The van der Waals surface area contributed by atoms with Crippen LogP contribution in [0.4, 0.5) is 4.39 Å². The van der Waals surface area contributed by atoms with Crippen molar-refractivity contribution in [1.29, 1.82) is 0 Å². The lowest BCUT2D eigenvalue weighted by molar-refractivity contribution is -0.145. The van der Waals surface area contributed by atoms with Crippen LogP contribution in [0.3, 0.4) is 0 Å². The quantitative estimate of drug-likeness (QED) is 0.505. The molecule has 0 saturated heterocycles. The second-order valence-corrected chi connectivity index (χ2v) is 6.92. The molecule has 1 N–H and O–H groups in total. The van der Waals surface area contributed by atoms with Gasteiger partial charge in [-0.15, -0.1) is 0 Å². The van der Waals surface area contributed by atoms with Gasteiger partial charge in [-0.05, 0) is 74.9 Å². The van der Waals surface area contributed by atoms with E-state index in [2.05, 4.69) is 6.08 Å². The van der Waals surface area contributed by atoms with Crippen molar-refractivity contribution in [3.63, 3.8) is 0 Å². The van der Waals surface area contributed by atoms with Gasteiger partial charge >= 0.3 is 5.97 Å². The number of ketones is 1. The summed E-state index contributed by atoms with van der Waals surface area (Å²) in [6, 6.07) is 11.9. The van der Waals surface area contributed by atoms with E-state index < -0.39 is 23.7 Å². The van der Waals surface area contributed by atoms with Crippen LogP contribution in [0.15, 0.2) is 60.2 Å². The van der Waals surface area contributed by atoms with Gasteiger partial charge in [-0.1, -0.05) is 23.8 Å². The van der Waals surface area contributed by atoms with E-state index in [1.54, 1.807) is 18.2 Å². The first-order valence-corrected chi connectivity index (χ1v) is 9.51. The number of carbonyl (C=O) groups is 2. The number of carbonyl (C=O) groups excluding carboxylic acids is 1. The average Bonchev–Trinajstić information content (AvgIpc) is 2.72. The Hall–Kier alpha value is -2.95. The van der Waals surface area contributed by atoms with Gasteiger partial charge in [-0.2, -0.15) is 0 Å². The Balaban J connectivity index is 1.64. The standard InChI is InChI=1S/C23H23FO4/c24-20-9-5-4-8-19(20)22(25)17-11-13-18(14-12-17)28-21(23(26)27)15-10-16-6-2-1-3-7-16/h4-6,8-9,11-14,21H,1-3,7,10,15H2,(H,26,27). The topological polar surface area (TPSA) is 63.6 Å². The molecule has 1 aliphatic rings. The fourth-order valence-electron chi connectivity index (χ4n) is 3.33. The molecule has 0 heterocycles. The first kappa shape index (κ1) is 19.8. The molecule has 2 aromatic carbocycles. The second-order valence-electron chi connectivity index (χ2n) is 6.92. The Kier molecular flexibility index (Phi) is 6.58. The maximum atomic E-state index is 13.8. The summed E-state index contributed by atoms with van der Waals surface area (Å²) in [5.74, 6) is -1.64. The van der Waals surface area contributed by atoms with Crippen molar-refractivity contribution in [1.82, 2.24) is 0 Å². The summed E-state index contributed by atoms with van der Waals surface area (Å²) in [6.45, 7) is 0. The molecular weight excluding hydrogens is 359 g/mol. The molecule has 4 nitrogen and oxygen atoms in total. The Morgan fingerprint density at radius 2 is 1.82 bits per heavy atom. The molecule has 1 atom stereocenters. The molecule has 0 spiro atoms. The van der Waals surface area contributed by atoms with Crippen LogP contribution in [0.2, 0.25) is 0 Å². The predicted molar refractivity (Wildman–Crippen MR) is 104 cm³/mol. The van der Waals surface area contributed by atoms with Gasteiger partial charge < -0.3 is 9.84 Å². The smallest absolute Gasteiger partial charge is 0.344 e. The number of hydrogen-bond acceptors (Lipinski definition) is 3. The Morgan fingerprint density at radius 3 is 2.46 bits per heavy atom. The summed E-state index contributed by atoms with van der Waals surface area (Å²) in [5, 5.41) is 9.45. The van der Waals surface area contributed by atoms with Crippen LogP contribution < -0.4 is 4.74 Å². The molecule has 3 rings (SSSR count). The zero-order valence-corrected chi connectivity index (χ0v) is 15.6. The summed E-state index contributed by atoms with van der Waals surface area (Å²) in [6.07, 6.45) is 6.80. The molecule has 0 fully saturated rings. The van der Waals surface area contributed by atoms with Crippen LogP contribution >= 0.6 is 0 Å². The summed E-state index contributed by atoms with van der Waals surface area (Å²) >= 11 is 0. The van der Waals surface area contributed by atoms with Gasteiger partial charge in [-0.25, -0.2) is 9.18 Å². The minimum Gasteiger partial charge on any atom is -0.479 e. The molecule has 28 heavy (non-hydrogen) atoms. The highest BCUT2D eigenvalue weighted by molar-refractivity contribution is 6.09. The number of carboxylic acids is 1. The third-order valence-electron chi connectivity index (χ3n) is 4.90. The van der Waals surface area contributed by atoms with Crippen LogP contribution in [-0.2, 0) is 4.79 Å². The fraction of sp³-hybridized carbons (Fsp3) is 0.304. The second kappa shape index (κ2) is 9.31. The Bertz CT molecular complexity index is 870. The van der Waals surface area contributed by atoms with Crippen molar-refractivity contribution >= 4 is 11.8 Å². The zero-order chi connectivity index (χ0) is 19.9. The average molecular weight is 382 g/mol. The minimum atomic E-state index is -1.01. The monoisotopic (exact) mass is 382 g/mol. The lowest BCUT2D eigenvalue weighted by Gasteiger charge is -2.18. The van der Waals surface area contributed by atoms with Crippen molar-refractivity contribution < 1.29 is 23.8 Å². The number of ether oxygens (including phenoxy) is 1. The van der Waals surface area contributed by atoms with Crippen molar-refractivity contribution in [2.24, 2.45) is 0 Å². The molecule has 1 unspecified atom stereocenters. The van der Waals surface area contributed by atoms with E-state index in [0.717, 1.165) is 19.3 Å². The van der Waals surface area contributed by atoms with Crippen LogP contribution in [0.25, 0.3) is 0 Å². The van der Waals surface area contributed by atoms with Crippen LogP contribution in [0.5, 0.6) is 5.75 Å². The number of benzene rings is 2. The molecule has 1 aliphatic carbocycles. The van der Waals surface area contributed by atoms with Crippen LogP contribution in [0, 0.1) is 5.82 Å². The van der Waals surface area contributed by atoms with Crippen molar-refractivity contribution in [3.05, 3.63) is 77.1 Å². The van der Waals surface area contributed by atoms with Gasteiger partial charge in [0.2, 0.25) is 0 Å². The first-order valence-electron chi connectivity index (χ1n) is 9.51. The molecule has 0 amide bonds. The maximum Gasteiger partial charge on any atom is 0.344 e. The van der Waals surface area contributed by atoms with Gasteiger partial charge in [0, 0.05) is 5.56 Å². The SMILES string of the molecule is O=C(c1ccc(OC(CCC2=CCCCC2)C(=O)O)cc1)c1ccccc1F. The van der Waals surface area contributed by atoms with Gasteiger partial charge in [0.1, 0.15) is 11.6 Å². The molecule has 5 heteroatoms. The van der Waals surface area contributed by atoms with E-state index >= 15 is 0 Å². The third kappa shape index (κ3) is 5.06. The highest BCUT2D eigenvalue weighted by Gasteiger charge is 2.21. The van der Waals surface area contributed by atoms with E-state index in [9.17, 15) is 19.1 Å². The summed E-state index contributed by atoms with van der Waals surface area (Å²) in [7, 11) is 0. The third-order valence-corrected chi connectivity index (χ3v) is 4.90. The Morgan fingerprint density at radius 1 is 1.07 bits per heavy atom. The number of halogens is 1. The maximum absolute atomic E-state index is 13.8. The van der Waals surface area contributed by atoms with E-state index in [4.69, 9.17) is 4.74 Å². The van der Waals surface area contributed by atoms with E-state index in [-0.39, 0.29) is 5.56 Å². The molecule has 0 aliphatic heterocycles. The van der Waals surface area contributed by atoms with Crippen molar-refractivity contribution in [2.45, 2.75) is 44.6 Å². The van der Waals surface area contributed by atoms with Crippen molar-refractivity contribution in [2.75, 3.05) is 0 Å². The number of carboxylic acid groups (broad SMARTS) is 1. The van der Waals surface area contributed by atoms with Crippen LogP contribution in [-0.4, -0.2) is 23.0 Å². The normalized spacial score (nSPS) is 14.8. The molecule has 0 bridgehead atoms. The number of aliphatic carboxylic acids is 1. The van der Waals surface area contributed by atoms with Gasteiger partial charge in [0.15, 0.2) is 11.9 Å². The van der Waals surface area contributed by atoms with E-state index in [0.29, 0.717) is 24.2 Å². The van der Waals surface area contributed by atoms with Crippen molar-refractivity contribution in [3.8, 4) is 5.75 Å². The molecule has 146 valence electrons. The van der Waals surface area contributed by atoms with Gasteiger partial charge in [0.05, 0.1) is 5.56 Å². The lowest BCUT2D eigenvalue weighted by Crippen LogP contribution is -2.27. The van der Waals surface area contributed by atoms with Gasteiger partial charge in [0.25, 0.3) is 0 Å². The molecule has 2 aromatic rings. The van der Waals surface area contributed by atoms with Crippen LogP contribution in [0.1, 0.15) is 54.4 Å². The zero-order valence-electron chi connectivity index (χ0n) is 15.6. The lowest BCUT2D eigenvalue weighted by atomic mass is 9.95. The Labute approximate surface area is 163 Å². The molecule has 0 saturated carbocycles. The largest absolute Gasteiger partial charge is 0.479 e. The van der Waals surface area contributed by atoms with Gasteiger partial charge in [-0.3, -0.25) is 4.79 Å². The van der Waals surface area contributed by atoms with E-state index in [1.807, 2.05) is 0 Å². The predicted octanol–water partition coefficient (Wildman–Crippen LogP) is 5.17. The highest BCUT2D eigenvalue weighted by atomic mass is 19.1. The number of rotatable bonds is 8. The summed E-state index contributed by atoms with van der Waals surface area (Å²) in [4.78, 5) is 23.9. The number of hydrogen-bond donors (Lipinski definition) is 1. The van der Waals surface area contributed by atoms with E-state index in [1.165, 1.54) is 42.3 Å². The summed E-state index contributed by atoms with van der Waals surface area (Å²) in [5.41, 5.74) is 1.61. The summed E-state index contributed by atoms with van der Waals surface area (Å²) < 4.78 is 19.4. The number of allylic oxidation sites excluding steroid dienone is 2. The fourth-order valence-corrected chi connectivity index (χ4v) is 3.33. The highest BCUT2D eigenvalue weighted by Crippen LogP contribution is 2.24. The molecular formula is C23H23FO4. The first-order chi connectivity index (χ1) is 13.5. The molecule has 0 radical (unpaired) electrons. The molecule has 0 aromatic heterocycles. The minimum absolute atomic E-state index is 0.000313.